The largest absolute Gasteiger partial charge is 0.328 e. The van der Waals surface area contributed by atoms with Crippen molar-refractivity contribution in [1.82, 2.24) is 9.78 Å². The van der Waals surface area contributed by atoms with Gasteiger partial charge in [-0.2, -0.15) is 5.10 Å². The first-order chi connectivity index (χ1) is 7.66. The number of aryl methyl sites for hydroxylation is 1. The lowest BCUT2D eigenvalue weighted by Crippen LogP contribution is -2.19. The van der Waals surface area contributed by atoms with Gasteiger partial charge < -0.3 is 5.73 Å². The van der Waals surface area contributed by atoms with Gasteiger partial charge in [-0.3, -0.25) is 0 Å². The minimum atomic E-state index is 0.151. The lowest BCUT2D eigenvalue weighted by molar-refractivity contribution is 0.687. The summed E-state index contributed by atoms with van der Waals surface area (Å²) in [7, 11) is 0. The summed E-state index contributed by atoms with van der Waals surface area (Å²) in [5, 5.41) is 4.50. The van der Waals surface area contributed by atoms with Crippen molar-refractivity contribution in [3.05, 3.63) is 47.8 Å². The van der Waals surface area contributed by atoms with Crippen LogP contribution in [0.2, 0.25) is 0 Å². The SMILES string of the molecule is Cc1cc(CC(C)N)n(-c2ccccc2)n1. The predicted molar refractivity (Wildman–Crippen MR) is 65.7 cm³/mol. The maximum absolute atomic E-state index is 5.84. The molecule has 0 spiro atoms. The molecule has 84 valence electrons. The Morgan fingerprint density at radius 1 is 1.31 bits per heavy atom. The summed E-state index contributed by atoms with van der Waals surface area (Å²) in [5.74, 6) is 0. The van der Waals surface area contributed by atoms with Gasteiger partial charge in [0.1, 0.15) is 0 Å². The topological polar surface area (TPSA) is 43.8 Å². The monoisotopic (exact) mass is 215 g/mol. The highest BCUT2D eigenvalue weighted by Gasteiger charge is 2.08. The average molecular weight is 215 g/mol. The van der Waals surface area contributed by atoms with E-state index in [0.717, 1.165) is 17.8 Å². The van der Waals surface area contributed by atoms with Crippen LogP contribution in [0, 0.1) is 6.92 Å². The van der Waals surface area contributed by atoms with Gasteiger partial charge >= 0.3 is 0 Å². The molecule has 1 aromatic carbocycles. The Morgan fingerprint density at radius 3 is 2.62 bits per heavy atom. The summed E-state index contributed by atoms with van der Waals surface area (Å²) < 4.78 is 1.97. The standard InChI is InChI=1S/C13H17N3/c1-10(14)8-13-9-11(2)15-16(13)12-6-4-3-5-7-12/h3-7,9-10H,8,14H2,1-2H3. The molecule has 2 rings (SSSR count). The van der Waals surface area contributed by atoms with E-state index < -0.39 is 0 Å². The Bertz CT molecular complexity index is 457. The van der Waals surface area contributed by atoms with Crippen molar-refractivity contribution in [2.75, 3.05) is 0 Å². The zero-order chi connectivity index (χ0) is 11.5. The third-order valence-corrected chi connectivity index (χ3v) is 2.44. The summed E-state index contributed by atoms with van der Waals surface area (Å²) in [5.41, 5.74) is 9.12. The number of para-hydroxylation sites is 1. The fourth-order valence-electron chi connectivity index (χ4n) is 1.82. The Balaban J connectivity index is 2.40. The number of aromatic nitrogens is 2. The van der Waals surface area contributed by atoms with E-state index in [1.54, 1.807) is 0 Å². The van der Waals surface area contributed by atoms with E-state index in [0.29, 0.717) is 0 Å². The molecule has 16 heavy (non-hydrogen) atoms. The van der Waals surface area contributed by atoms with Crippen molar-refractivity contribution in [1.29, 1.82) is 0 Å². The Hall–Kier alpha value is -1.61. The van der Waals surface area contributed by atoms with E-state index >= 15 is 0 Å². The van der Waals surface area contributed by atoms with Gasteiger partial charge in [0.2, 0.25) is 0 Å². The highest BCUT2D eigenvalue weighted by molar-refractivity contribution is 5.33. The molecule has 0 aliphatic heterocycles. The van der Waals surface area contributed by atoms with E-state index in [4.69, 9.17) is 5.73 Å². The molecule has 1 aromatic heterocycles. The van der Waals surface area contributed by atoms with Crippen molar-refractivity contribution < 1.29 is 0 Å². The van der Waals surface area contributed by atoms with E-state index in [9.17, 15) is 0 Å². The number of rotatable bonds is 3. The third-order valence-electron chi connectivity index (χ3n) is 2.44. The van der Waals surface area contributed by atoms with Gasteiger partial charge in [0.25, 0.3) is 0 Å². The van der Waals surface area contributed by atoms with Crippen molar-refractivity contribution in [2.45, 2.75) is 26.3 Å². The molecule has 2 N–H and O–H groups in total. The maximum Gasteiger partial charge on any atom is 0.0648 e. The molecule has 1 atom stereocenters. The van der Waals surface area contributed by atoms with E-state index in [1.807, 2.05) is 36.7 Å². The smallest absolute Gasteiger partial charge is 0.0648 e. The fourth-order valence-corrected chi connectivity index (χ4v) is 1.82. The van der Waals surface area contributed by atoms with Crippen LogP contribution in [0.15, 0.2) is 36.4 Å². The molecule has 1 heterocycles. The number of hydrogen-bond donors (Lipinski definition) is 1. The van der Waals surface area contributed by atoms with E-state index in [1.165, 1.54) is 5.69 Å². The van der Waals surface area contributed by atoms with Gasteiger partial charge in [-0.25, -0.2) is 4.68 Å². The second-order valence-electron chi connectivity index (χ2n) is 4.21. The van der Waals surface area contributed by atoms with Gasteiger partial charge in [0, 0.05) is 18.2 Å². The molecule has 0 radical (unpaired) electrons. The minimum absolute atomic E-state index is 0.151. The highest BCUT2D eigenvalue weighted by Crippen LogP contribution is 2.13. The van der Waals surface area contributed by atoms with Crippen LogP contribution in [0.3, 0.4) is 0 Å². The Kier molecular flexibility index (Phi) is 3.06. The van der Waals surface area contributed by atoms with Crippen molar-refractivity contribution in [3.8, 4) is 5.69 Å². The average Bonchev–Trinajstić information content (AvgIpc) is 2.60. The predicted octanol–water partition coefficient (Wildman–Crippen LogP) is 2.07. The number of nitrogens with two attached hydrogens (primary N) is 1. The first-order valence-corrected chi connectivity index (χ1v) is 5.53. The summed E-state index contributed by atoms with van der Waals surface area (Å²) in [6.45, 7) is 4.02. The summed E-state index contributed by atoms with van der Waals surface area (Å²) in [4.78, 5) is 0. The van der Waals surface area contributed by atoms with Crippen LogP contribution in [0.25, 0.3) is 5.69 Å². The van der Waals surface area contributed by atoms with E-state index in [-0.39, 0.29) is 6.04 Å². The molecule has 0 saturated carbocycles. The van der Waals surface area contributed by atoms with Crippen LogP contribution in [-0.2, 0) is 6.42 Å². The van der Waals surface area contributed by atoms with Crippen LogP contribution in [0.4, 0.5) is 0 Å². The second-order valence-corrected chi connectivity index (χ2v) is 4.21. The highest BCUT2D eigenvalue weighted by atomic mass is 15.3. The molecule has 3 heteroatoms. The summed E-state index contributed by atoms with van der Waals surface area (Å²) in [6, 6.07) is 12.4. The lowest BCUT2D eigenvalue weighted by Gasteiger charge is -2.08. The zero-order valence-electron chi connectivity index (χ0n) is 9.72. The van der Waals surface area contributed by atoms with Crippen LogP contribution < -0.4 is 5.73 Å². The Morgan fingerprint density at radius 2 is 2.00 bits per heavy atom. The zero-order valence-corrected chi connectivity index (χ0v) is 9.72. The maximum atomic E-state index is 5.84. The second kappa shape index (κ2) is 4.49. The summed E-state index contributed by atoms with van der Waals surface area (Å²) in [6.07, 6.45) is 0.843. The van der Waals surface area contributed by atoms with Gasteiger partial charge in [-0.15, -0.1) is 0 Å². The number of nitrogens with zero attached hydrogens (tertiary/aromatic N) is 2. The molecule has 1 unspecified atom stereocenters. The molecule has 3 nitrogen and oxygen atoms in total. The molecule has 0 fully saturated rings. The quantitative estimate of drug-likeness (QED) is 0.851. The lowest BCUT2D eigenvalue weighted by atomic mass is 10.2. The van der Waals surface area contributed by atoms with Crippen LogP contribution in [0.1, 0.15) is 18.3 Å². The van der Waals surface area contributed by atoms with Gasteiger partial charge in [-0.05, 0) is 32.0 Å². The molecular formula is C13H17N3. The number of benzene rings is 1. The van der Waals surface area contributed by atoms with Crippen molar-refractivity contribution in [3.63, 3.8) is 0 Å². The molecule has 2 aromatic rings. The first kappa shape index (κ1) is 10.9. The number of hydrogen-bond acceptors (Lipinski definition) is 2. The molecule has 0 saturated heterocycles. The molecule has 0 amide bonds. The molecule has 0 bridgehead atoms. The van der Waals surface area contributed by atoms with Gasteiger partial charge in [0.05, 0.1) is 11.4 Å². The molecule has 0 aliphatic carbocycles. The normalized spacial score (nSPS) is 12.7. The Labute approximate surface area is 95.9 Å². The van der Waals surface area contributed by atoms with Crippen LogP contribution in [-0.4, -0.2) is 15.8 Å². The van der Waals surface area contributed by atoms with Gasteiger partial charge in [-0.1, -0.05) is 18.2 Å². The first-order valence-electron chi connectivity index (χ1n) is 5.53. The van der Waals surface area contributed by atoms with E-state index in [2.05, 4.69) is 23.3 Å². The van der Waals surface area contributed by atoms with Gasteiger partial charge in [0.15, 0.2) is 0 Å². The van der Waals surface area contributed by atoms with Crippen LogP contribution >= 0.6 is 0 Å². The third kappa shape index (κ3) is 2.31. The van der Waals surface area contributed by atoms with Crippen molar-refractivity contribution >= 4 is 0 Å². The van der Waals surface area contributed by atoms with Crippen molar-refractivity contribution in [2.24, 2.45) is 5.73 Å². The molecule has 0 aliphatic rings. The van der Waals surface area contributed by atoms with Crippen LogP contribution in [0.5, 0.6) is 0 Å². The summed E-state index contributed by atoms with van der Waals surface area (Å²) >= 11 is 0. The molecular weight excluding hydrogens is 198 g/mol. The fraction of sp³-hybridized carbons (Fsp3) is 0.308. The minimum Gasteiger partial charge on any atom is -0.328 e.